The van der Waals surface area contributed by atoms with Gasteiger partial charge in [-0.1, -0.05) is 52.5 Å². The first-order valence-corrected chi connectivity index (χ1v) is 12.5. The Labute approximate surface area is 209 Å². The smallest absolute Gasteiger partial charge is 0.207 e. The summed E-state index contributed by atoms with van der Waals surface area (Å²) in [5.41, 5.74) is 6.96. The Balaban J connectivity index is 1.94. The van der Waals surface area contributed by atoms with Gasteiger partial charge in [0.25, 0.3) is 0 Å². The molecule has 0 aliphatic heterocycles. The summed E-state index contributed by atoms with van der Waals surface area (Å²) in [5, 5.41) is 0. The van der Waals surface area contributed by atoms with E-state index in [2.05, 4.69) is 49.9 Å². The summed E-state index contributed by atoms with van der Waals surface area (Å²) in [6, 6.07) is 6.28. The molecule has 2 aromatic rings. The number of carbonyl (C=O) groups is 1. The number of hydrogen-bond donors (Lipinski definition) is 0. The Kier molecular flexibility index (Phi) is 6.77. The molecule has 1 unspecified atom stereocenters. The first-order valence-electron chi connectivity index (χ1n) is 12.5. The summed E-state index contributed by atoms with van der Waals surface area (Å²) in [7, 11) is 1.67. The van der Waals surface area contributed by atoms with Crippen molar-refractivity contribution in [3.05, 3.63) is 71.1 Å². The molecule has 1 heterocycles. The Morgan fingerprint density at radius 1 is 1.11 bits per heavy atom. The molecular weight excluding hydrogens is 434 g/mol. The Morgan fingerprint density at radius 3 is 2.46 bits per heavy atom. The van der Waals surface area contributed by atoms with Crippen LogP contribution in [0.15, 0.2) is 48.6 Å². The van der Waals surface area contributed by atoms with E-state index in [0.717, 1.165) is 53.0 Å². The van der Waals surface area contributed by atoms with Crippen molar-refractivity contribution in [2.24, 2.45) is 11.3 Å². The highest BCUT2D eigenvalue weighted by molar-refractivity contribution is 6.10. The maximum atomic E-state index is 13.7. The van der Waals surface area contributed by atoms with Crippen LogP contribution in [0.2, 0.25) is 0 Å². The van der Waals surface area contributed by atoms with E-state index in [-0.39, 0.29) is 17.3 Å². The maximum absolute atomic E-state index is 13.7. The topological polar surface area (TPSA) is 48.4 Å². The molecule has 4 heteroatoms. The minimum atomic E-state index is -0.334. The molecule has 2 aliphatic rings. The molecule has 4 nitrogen and oxygen atoms in total. The molecule has 0 N–H and O–H groups in total. The number of ketones is 1. The lowest BCUT2D eigenvalue weighted by Crippen LogP contribution is -2.22. The van der Waals surface area contributed by atoms with Crippen LogP contribution >= 0.6 is 0 Å². The minimum absolute atomic E-state index is 0.0183. The predicted molar refractivity (Wildman–Crippen MR) is 143 cm³/mol. The molecule has 0 saturated heterocycles. The average molecular weight is 472 g/mol. The van der Waals surface area contributed by atoms with E-state index in [1.807, 2.05) is 34.6 Å². The number of nitrogens with zero attached hydrogens (tertiary/aromatic N) is 1. The fraction of sp³-hybridized carbons (Fsp3) is 0.419. The highest BCUT2D eigenvalue weighted by Gasteiger charge is 2.30. The normalized spacial score (nSPS) is 16.9. The highest BCUT2D eigenvalue weighted by atomic mass is 16.5. The zero-order valence-electron chi connectivity index (χ0n) is 22.1. The van der Waals surface area contributed by atoms with Gasteiger partial charge in [0.15, 0.2) is 11.5 Å². The van der Waals surface area contributed by atoms with Gasteiger partial charge >= 0.3 is 0 Å². The van der Waals surface area contributed by atoms with E-state index < -0.39 is 0 Å². The number of aryl methyl sites for hydroxylation is 1. The average Bonchev–Trinajstić information content (AvgIpc) is 2.81. The SMILES string of the molecule is C=C(C(=O)c1nc(C2=CCC(C)C=C2)cc2c1CCc1cc(OC)c(OC(C)C)cc1-2)C(C)(C)C. The standard InChI is InChI=1S/C31H37NO3/c1-18(2)35-28-17-24-22(15-27(28)34-8)13-14-23-25(24)16-26(21-11-9-19(3)10-12-21)32-29(23)30(33)20(4)31(5,6)7/h9,11-12,15-19H,4,10,13-14H2,1-3,5-8H3. The van der Waals surface area contributed by atoms with Crippen molar-refractivity contribution in [1.29, 1.82) is 0 Å². The van der Waals surface area contributed by atoms with Crippen LogP contribution in [0.3, 0.4) is 0 Å². The van der Waals surface area contributed by atoms with Gasteiger partial charge in [0.1, 0.15) is 5.69 Å². The molecule has 1 aromatic carbocycles. The molecule has 0 radical (unpaired) electrons. The molecule has 1 atom stereocenters. The molecule has 0 fully saturated rings. The van der Waals surface area contributed by atoms with Crippen molar-refractivity contribution in [3.8, 4) is 22.6 Å². The summed E-state index contributed by atoms with van der Waals surface area (Å²) < 4.78 is 11.7. The van der Waals surface area contributed by atoms with Gasteiger partial charge in [0, 0.05) is 0 Å². The van der Waals surface area contributed by atoms with Crippen molar-refractivity contribution in [3.63, 3.8) is 0 Å². The summed E-state index contributed by atoms with van der Waals surface area (Å²) in [6.45, 7) is 16.4. The van der Waals surface area contributed by atoms with Gasteiger partial charge in [-0.15, -0.1) is 0 Å². The van der Waals surface area contributed by atoms with E-state index in [0.29, 0.717) is 22.9 Å². The number of benzene rings is 1. The molecule has 4 rings (SSSR count). The molecule has 2 aliphatic carbocycles. The van der Waals surface area contributed by atoms with Crippen LogP contribution in [-0.2, 0) is 12.8 Å². The van der Waals surface area contributed by atoms with Crippen LogP contribution in [0.1, 0.15) is 75.3 Å². The van der Waals surface area contributed by atoms with Crippen molar-refractivity contribution in [1.82, 2.24) is 4.98 Å². The van der Waals surface area contributed by atoms with E-state index in [9.17, 15) is 4.79 Å². The minimum Gasteiger partial charge on any atom is -0.493 e. The fourth-order valence-corrected chi connectivity index (χ4v) is 4.63. The second-order valence-corrected chi connectivity index (χ2v) is 11.0. The van der Waals surface area contributed by atoms with Crippen LogP contribution in [-0.4, -0.2) is 24.0 Å². The summed E-state index contributed by atoms with van der Waals surface area (Å²) in [5.74, 6) is 1.88. The monoisotopic (exact) mass is 471 g/mol. The molecule has 0 spiro atoms. The Morgan fingerprint density at radius 2 is 1.86 bits per heavy atom. The van der Waals surface area contributed by atoms with E-state index in [1.54, 1.807) is 7.11 Å². The Bertz CT molecular complexity index is 1240. The Hall–Kier alpha value is -3.14. The number of fused-ring (bicyclic) bond motifs is 3. The number of aromatic nitrogens is 1. The van der Waals surface area contributed by atoms with Gasteiger partial charge in [-0.2, -0.15) is 0 Å². The van der Waals surface area contributed by atoms with Crippen LogP contribution in [0.25, 0.3) is 16.7 Å². The van der Waals surface area contributed by atoms with Crippen molar-refractivity contribution in [2.45, 2.75) is 66.9 Å². The van der Waals surface area contributed by atoms with Crippen LogP contribution < -0.4 is 9.47 Å². The summed E-state index contributed by atoms with van der Waals surface area (Å²) in [6.07, 6.45) is 9.09. The second kappa shape index (κ2) is 9.49. The number of methoxy groups -OCH3 is 1. The molecule has 184 valence electrons. The lowest BCUT2D eigenvalue weighted by Gasteiger charge is -2.27. The van der Waals surface area contributed by atoms with Crippen molar-refractivity contribution in [2.75, 3.05) is 7.11 Å². The molecule has 1 aromatic heterocycles. The number of hydrogen-bond acceptors (Lipinski definition) is 4. The number of carbonyl (C=O) groups excluding carboxylic acids is 1. The van der Waals surface area contributed by atoms with Crippen molar-refractivity contribution >= 4 is 11.4 Å². The first kappa shape index (κ1) is 25.0. The van der Waals surface area contributed by atoms with Crippen LogP contribution in [0.5, 0.6) is 11.5 Å². The molecule has 35 heavy (non-hydrogen) atoms. The maximum Gasteiger partial charge on any atom is 0.207 e. The highest BCUT2D eigenvalue weighted by Crippen LogP contribution is 2.43. The van der Waals surface area contributed by atoms with Crippen LogP contribution in [0, 0.1) is 11.3 Å². The number of pyridine rings is 1. The zero-order valence-corrected chi connectivity index (χ0v) is 22.1. The van der Waals surface area contributed by atoms with Gasteiger partial charge in [0.05, 0.1) is 18.9 Å². The quantitative estimate of drug-likeness (QED) is 0.325. The lowest BCUT2D eigenvalue weighted by atomic mass is 9.79. The lowest BCUT2D eigenvalue weighted by molar-refractivity contribution is 0.100. The number of ether oxygens (including phenoxy) is 2. The van der Waals surface area contributed by atoms with Crippen LogP contribution in [0.4, 0.5) is 0 Å². The van der Waals surface area contributed by atoms with E-state index in [1.165, 1.54) is 5.56 Å². The summed E-state index contributed by atoms with van der Waals surface area (Å²) >= 11 is 0. The molecule has 0 bridgehead atoms. The predicted octanol–water partition coefficient (Wildman–Crippen LogP) is 7.41. The second-order valence-electron chi connectivity index (χ2n) is 11.0. The van der Waals surface area contributed by atoms with Gasteiger partial charge in [0.2, 0.25) is 5.78 Å². The third-order valence-corrected chi connectivity index (χ3v) is 6.82. The van der Waals surface area contributed by atoms with E-state index >= 15 is 0 Å². The van der Waals surface area contributed by atoms with Crippen molar-refractivity contribution < 1.29 is 14.3 Å². The van der Waals surface area contributed by atoms with Gasteiger partial charge in [-0.05, 0) is 96.0 Å². The number of Topliss-reactive ketones (excluding diaryl/α,β-unsaturated/α-hetero) is 1. The first-order chi connectivity index (χ1) is 16.5. The molecule has 0 saturated carbocycles. The third kappa shape index (κ3) is 4.98. The third-order valence-electron chi connectivity index (χ3n) is 6.82. The molecular formula is C31H37NO3. The van der Waals surface area contributed by atoms with Gasteiger partial charge in [-0.3, -0.25) is 4.79 Å². The number of rotatable bonds is 6. The fourth-order valence-electron chi connectivity index (χ4n) is 4.63. The van der Waals surface area contributed by atoms with E-state index in [4.69, 9.17) is 14.5 Å². The largest absolute Gasteiger partial charge is 0.493 e. The molecule has 0 amide bonds. The summed E-state index contributed by atoms with van der Waals surface area (Å²) in [4.78, 5) is 18.7. The zero-order chi connectivity index (χ0) is 25.5. The van der Waals surface area contributed by atoms with Gasteiger partial charge in [-0.25, -0.2) is 4.98 Å². The van der Waals surface area contributed by atoms with Gasteiger partial charge < -0.3 is 9.47 Å². The number of allylic oxidation sites excluding steroid dienone is 5.